The third-order valence-electron chi connectivity index (χ3n) is 2.86. The molecule has 0 aromatic carbocycles. The second kappa shape index (κ2) is 8.61. The van der Waals surface area contributed by atoms with Crippen molar-refractivity contribution in [1.29, 1.82) is 0 Å². The van der Waals surface area contributed by atoms with Crippen molar-refractivity contribution in [2.75, 3.05) is 20.3 Å². The molecule has 1 heterocycles. The number of hydrogen-bond donors (Lipinski definition) is 3. The molecule has 3 N–H and O–H groups in total. The molecule has 24 heavy (non-hydrogen) atoms. The lowest BCUT2D eigenvalue weighted by molar-refractivity contribution is -0.282. The maximum atomic E-state index is 11.0. The third-order valence-corrected chi connectivity index (χ3v) is 3.80. The summed E-state index contributed by atoms with van der Waals surface area (Å²) in [6.45, 7) is 3.30. The highest BCUT2D eigenvalue weighted by Crippen LogP contribution is 2.28. The summed E-state index contributed by atoms with van der Waals surface area (Å²) in [5, 5.41) is 9.83. The molecule has 0 spiro atoms. The average Bonchev–Trinajstić information content (AvgIpc) is 2.41. The standard InChI is InChI=1S/C10H18O12S2/c1-3-4-19-5-6-7(18-2)8(21-23(12,13)14)9(10(11)20-6)22-24(15,16)17/h3,6-11H,1,4-5H2,2H3,(H,12,13,14)(H,15,16,17)/t6-,7-,8+,9+,10+/m1/s1. The molecule has 0 saturated carbocycles. The summed E-state index contributed by atoms with van der Waals surface area (Å²) in [5.74, 6) is 0. The summed E-state index contributed by atoms with van der Waals surface area (Å²) in [4.78, 5) is 0. The minimum absolute atomic E-state index is 0.0984. The first-order valence-corrected chi connectivity index (χ1v) is 9.08. The van der Waals surface area contributed by atoms with E-state index in [1.165, 1.54) is 6.08 Å². The van der Waals surface area contributed by atoms with Crippen molar-refractivity contribution >= 4 is 20.8 Å². The monoisotopic (exact) mass is 394 g/mol. The Morgan fingerprint density at radius 2 is 1.62 bits per heavy atom. The molecule has 1 saturated heterocycles. The van der Waals surface area contributed by atoms with Crippen molar-refractivity contribution in [3.8, 4) is 0 Å². The number of methoxy groups -OCH3 is 1. The molecule has 1 aliphatic heterocycles. The van der Waals surface area contributed by atoms with Crippen LogP contribution in [0.25, 0.3) is 0 Å². The third kappa shape index (κ3) is 6.67. The zero-order valence-electron chi connectivity index (χ0n) is 12.4. The summed E-state index contributed by atoms with van der Waals surface area (Å²) in [7, 11) is -9.09. The van der Waals surface area contributed by atoms with Gasteiger partial charge in [0.25, 0.3) is 0 Å². The average molecular weight is 394 g/mol. The molecule has 0 radical (unpaired) electrons. The van der Waals surface area contributed by atoms with Gasteiger partial charge in [0.15, 0.2) is 12.4 Å². The first-order chi connectivity index (χ1) is 11.0. The van der Waals surface area contributed by atoms with E-state index in [1.807, 2.05) is 0 Å². The number of rotatable bonds is 9. The first kappa shape index (κ1) is 21.4. The Kier molecular flexibility index (Phi) is 7.67. The largest absolute Gasteiger partial charge is 0.397 e. The summed E-state index contributed by atoms with van der Waals surface area (Å²) >= 11 is 0. The highest BCUT2D eigenvalue weighted by molar-refractivity contribution is 7.81. The number of aliphatic hydroxyl groups is 1. The zero-order chi connectivity index (χ0) is 18.5. The van der Waals surface area contributed by atoms with Crippen molar-refractivity contribution in [3.05, 3.63) is 12.7 Å². The summed E-state index contributed by atoms with van der Waals surface area (Å²) in [6, 6.07) is 0. The Hall–Kier alpha value is -0.680. The highest BCUT2D eigenvalue weighted by Gasteiger charge is 2.51. The fraction of sp³-hybridized carbons (Fsp3) is 0.800. The number of ether oxygens (including phenoxy) is 3. The minimum Gasteiger partial charge on any atom is -0.376 e. The van der Waals surface area contributed by atoms with Gasteiger partial charge in [0.1, 0.15) is 18.3 Å². The Morgan fingerprint density at radius 3 is 2.08 bits per heavy atom. The van der Waals surface area contributed by atoms with Gasteiger partial charge < -0.3 is 19.3 Å². The molecule has 0 aromatic heterocycles. The van der Waals surface area contributed by atoms with Crippen LogP contribution in [0, 0.1) is 0 Å². The van der Waals surface area contributed by atoms with E-state index in [0.29, 0.717) is 0 Å². The van der Waals surface area contributed by atoms with Crippen LogP contribution in [0.1, 0.15) is 0 Å². The van der Waals surface area contributed by atoms with Crippen molar-refractivity contribution in [2.24, 2.45) is 0 Å². The zero-order valence-corrected chi connectivity index (χ0v) is 14.1. The Morgan fingerprint density at radius 1 is 1.08 bits per heavy atom. The van der Waals surface area contributed by atoms with Crippen LogP contribution in [0.5, 0.6) is 0 Å². The maximum absolute atomic E-state index is 11.0. The van der Waals surface area contributed by atoms with Crippen molar-refractivity contribution in [2.45, 2.75) is 30.7 Å². The van der Waals surface area contributed by atoms with Crippen molar-refractivity contribution in [1.82, 2.24) is 0 Å². The van der Waals surface area contributed by atoms with Gasteiger partial charge in [-0.15, -0.1) is 6.58 Å². The van der Waals surface area contributed by atoms with Gasteiger partial charge in [-0.25, -0.2) is 8.37 Å². The predicted octanol–water partition coefficient (Wildman–Crippen LogP) is -1.70. The molecule has 1 aliphatic rings. The lowest BCUT2D eigenvalue weighted by Gasteiger charge is -2.42. The Labute approximate surface area is 138 Å². The van der Waals surface area contributed by atoms with E-state index in [0.717, 1.165) is 7.11 Å². The fourth-order valence-electron chi connectivity index (χ4n) is 2.07. The predicted molar refractivity (Wildman–Crippen MR) is 75.5 cm³/mol. The van der Waals surface area contributed by atoms with Gasteiger partial charge in [-0.3, -0.25) is 9.11 Å². The lowest BCUT2D eigenvalue weighted by Crippen LogP contribution is -2.61. The molecular weight excluding hydrogens is 376 g/mol. The van der Waals surface area contributed by atoms with Crippen LogP contribution in [0.3, 0.4) is 0 Å². The molecule has 0 aliphatic carbocycles. The summed E-state index contributed by atoms with van der Waals surface area (Å²) in [6.07, 6.45) is -6.99. The molecule has 14 heteroatoms. The van der Waals surface area contributed by atoms with Gasteiger partial charge in [0, 0.05) is 7.11 Å². The fourth-order valence-corrected chi connectivity index (χ4v) is 3.06. The van der Waals surface area contributed by atoms with Crippen LogP contribution in [0.15, 0.2) is 12.7 Å². The van der Waals surface area contributed by atoms with Gasteiger partial charge in [0.2, 0.25) is 0 Å². The van der Waals surface area contributed by atoms with E-state index >= 15 is 0 Å². The van der Waals surface area contributed by atoms with E-state index in [-0.39, 0.29) is 13.2 Å². The minimum atomic E-state index is -5.11. The molecule has 142 valence electrons. The Balaban J connectivity index is 3.10. The van der Waals surface area contributed by atoms with Crippen molar-refractivity contribution in [3.63, 3.8) is 0 Å². The summed E-state index contributed by atoms with van der Waals surface area (Å²) in [5.41, 5.74) is 0. The van der Waals surface area contributed by atoms with E-state index in [4.69, 9.17) is 23.3 Å². The van der Waals surface area contributed by atoms with Crippen LogP contribution in [0.4, 0.5) is 0 Å². The van der Waals surface area contributed by atoms with Gasteiger partial charge in [-0.2, -0.15) is 16.8 Å². The van der Waals surface area contributed by atoms with Gasteiger partial charge >= 0.3 is 20.8 Å². The van der Waals surface area contributed by atoms with Crippen molar-refractivity contribution < 1.29 is 53.6 Å². The second-order valence-electron chi connectivity index (χ2n) is 4.57. The normalized spacial score (nSPS) is 31.8. The molecule has 12 nitrogen and oxygen atoms in total. The molecule has 0 unspecified atom stereocenters. The quantitative estimate of drug-likeness (QED) is 0.230. The molecule has 0 aromatic rings. The van der Waals surface area contributed by atoms with Crippen LogP contribution >= 0.6 is 0 Å². The molecule has 5 atom stereocenters. The van der Waals surface area contributed by atoms with E-state index in [2.05, 4.69) is 14.9 Å². The van der Waals surface area contributed by atoms with Crippen LogP contribution < -0.4 is 0 Å². The van der Waals surface area contributed by atoms with Gasteiger partial charge in [-0.05, 0) is 0 Å². The van der Waals surface area contributed by atoms with E-state index in [9.17, 15) is 21.9 Å². The molecule has 0 amide bonds. The van der Waals surface area contributed by atoms with E-state index in [1.54, 1.807) is 0 Å². The Bertz CT molecular complexity index is 614. The van der Waals surface area contributed by atoms with Gasteiger partial charge in [-0.1, -0.05) is 6.08 Å². The molecule has 1 fully saturated rings. The van der Waals surface area contributed by atoms with E-state index < -0.39 is 51.5 Å². The maximum Gasteiger partial charge on any atom is 0.397 e. The number of aliphatic hydroxyl groups excluding tert-OH is 1. The lowest BCUT2D eigenvalue weighted by atomic mass is 9.99. The molecular formula is C10H18O12S2. The second-order valence-corrected chi connectivity index (χ2v) is 6.66. The molecule has 1 rings (SSSR count). The highest BCUT2D eigenvalue weighted by atomic mass is 32.3. The van der Waals surface area contributed by atoms with Crippen LogP contribution in [-0.2, 0) is 43.4 Å². The molecule has 0 bridgehead atoms. The SMILES string of the molecule is C=CCOC[C@H]1O[C@H](O)[C@@H](OS(=O)(=O)O)[C@@H](OS(=O)(=O)O)[C@@H]1OC. The van der Waals surface area contributed by atoms with Crippen LogP contribution in [0.2, 0.25) is 0 Å². The number of hydrogen-bond acceptors (Lipinski definition) is 10. The van der Waals surface area contributed by atoms with Gasteiger partial charge in [0.05, 0.1) is 13.2 Å². The topological polar surface area (TPSA) is 175 Å². The smallest absolute Gasteiger partial charge is 0.376 e. The summed E-state index contributed by atoms with van der Waals surface area (Å²) < 4.78 is 85.0. The van der Waals surface area contributed by atoms with Crippen LogP contribution in [-0.4, -0.2) is 82.1 Å². The first-order valence-electron chi connectivity index (χ1n) is 6.35.